The maximum absolute atomic E-state index is 11.5. The van der Waals surface area contributed by atoms with Crippen LogP contribution >= 0.6 is 11.6 Å². The quantitative estimate of drug-likeness (QED) is 0.727. The Labute approximate surface area is 120 Å². The first-order valence-corrected chi connectivity index (χ1v) is 6.45. The maximum atomic E-state index is 11.5. The number of rotatable bonds is 3. The van der Waals surface area contributed by atoms with Gasteiger partial charge >= 0.3 is 0 Å². The molecule has 2 aromatic carbocycles. The van der Waals surface area contributed by atoms with Gasteiger partial charge in [0.05, 0.1) is 16.1 Å². The number of fused-ring (bicyclic) bond motifs is 1. The molecular weight excluding hydrogens is 276 g/mol. The monoisotopic (exact) mass is 286 g/mol. The summed E-state index contributed by atoms with van der Waals surface area (Å²) >= 11 is 6.14. The number of aromatic amines is 1. The smallest absolute Gasteiger partial charge is 0.188 e. The molecule has 0 aliphatic rings. The summed E-state index contributed by atoms with van der Waals surface area (Å²) in [6, 6.07) is 12.5. The standard InChI is InChI=1S/C15H11ClN2O2/c16-11-4-2-1-3-10(11)15-17-12-6-5-9(14(20)8-19)7-13(12)18-15/h1-7,19H,8H2,(H,17,18). The van der Waals surface area contributed by atoms with E-state index in [1.165, 1.54) is 0 Å². The van der Waals surface area contributed by atoms with Crippen LogP contribution in [0.5, 0.6) is 0 Å². The first-order chi connectivity index (χ1) is 9.69. The number of aromatic nitrogens is 2. The predicted molar refractivity (Wildman–Crippen MR) is 78.0 cm³/mol. The fraction of sp³-hybridized carbons (Fsp3) is 0.0667. The summed E-state index contributed by atoms with van der Waals surface area (Å²) in [6.45, 7) is -0.503. The molecule has 20 heavy (non-hydrogen) atoms. The van der Waals surface area contributed by atoms with E-state index in [4.69, 9.17) is 16.7 Å². The molecule has 0 bridgehead atoms. The minimum absolute atomic E-state index is 0.319. The topological polar surface area (TPSA) is 66.0 Å². The molecule has 0 unspecified atom stereocenters. The lowest BCUT2D eigenvalue weighted by atomic mass is 10.1. The van der Waals surface area contributed by atoms with Crippen LogP contribution in [0.15, 0.2) is 42.5 Å². The number of hydrogen-bond acceptors (Lipinski definition) is 3. The lowest BCUT2D eigenvalue weighted by Gasteiger charge is -1.98. The van der Waals surface area contributed by atoms with Gasteiger partial charge in [0.25, 0.3) is 0 Å². The highest BCUT2D eigenvalue weighted by Gasteiger charge is 2.10. The van der Waals surface area contributed by atoms with Crippen LogP contribution in [0.1, 0.15) is 10.4 Å². The molecule has 1 aromatic heterocycles. The number of nitrogens with zero attached hydrogens (tertiary/aromatic N) is 1. The number of carbonyl (C=O) groups excluding carboxylic acids is 1. The van der Waals surface area contributed by atoms with Gasteiger partial charge in [0.15, 0.2) is 5.78 Å². The Morgan fingerprint density at radius 2 is 2.05 bits per heavy atom. The molecule has 2 N–H and O–H groups in total. The van der Waals surface area contributed by atoms with Gasteiger partial charge in [-0.05, 0) is 30.3 Å². The summed E-state index contributed by atoms with van der Waals surface area (Å²) in [5, 5.41) is 9.50. The van der Waals surface area contributed by atoms with Gasteiger partial charge in [-0.1, -0.05) is 23.7 Å². The number of ketones is 1. The Bertz CT molecular complexity index is 795. The Morgan fingerprint density at radius 3 is 2.80 bits per heavy atom. The molecule has 1 heterocycles. The number of aliphatic hydroxyl groups excluding tert-OH is 1. The molecule has 0 radical (unpaired) electrons. The normalized spacial score (nSPS) is 10.9. The fourth-order valence-electron chi connectivity index (χ4n) is 2.06. The number of aliphatic hydroxyl groups is 1. The third-order valence-electron chi connectivity index (χ3n) is 3.08. The molecule has 0 spiro atoms. The van der Waals surface area contributed by atoms with Crippen LogP contribution in [0.3, 0.4) is 0 Å². The molecule has 0 saturated carbocycles. The second kappa shape index (κ2) is 5.07. The summed E-state index contributed by atoms with van der Waals surface area (Å²) in [5.74, 6) is 0.333. The van der Waals surface area contributed by atoms with E-state index >= 15 is 0 Å². The fourth-order valence-corrected chi connectivity index (χ4v) is 2.28. The molecule has 0 aliphatic carbocycles. The molecule has 0 amide bonds. The van der Waals surface area contributed by atoms with Gasteiger partial charge < -0.3 is 10.1 Å². The molecule has 3 aromatic rings. The highest BCUT2D eigenvalue weighted by atomic mass is 35.5. The zero-order valence-corrected chi connectivity index (χ0v) is 11.2. The van der Waals surface area contributed by atoms with E-state index in [-0.39, 0.29) is 5.78 Å². The van der Waals surface area contributed by atoms with Gasteiger partial charge in [-0.2, -0.15) is 0 Å². The third kappa shape index (κ3) is 2.19. The summed E-state index contributed by atoms with van der Waals surface area (Å²) in [7, 11) is 0. The number of imidazole rings is 1. The Kier molecular flexibility index (Phi) is 3.26. The van der Waals surface area contributed by atoms with Gasteiger partial charge in [0, 0.05) is 11.1 Å². The number of H-pyrrole nitrogens is 1. The molecule has 5 heteroatoms. The number of hydrogen-bond donors (Lipinski definition) is 2. The van der Waals surface area contributed by atoms with E-state index in [1.54, 1.807) is 24.3 Å². The number of halogens is 1. The Hall–Kier alpha value is -2.17. The van der Waals surface area contributed by atoms with Crippen LogP contribution in [0.2, 0.25) is 5.02 Å². The first kappa shape index (κ1) is 12.8. The first-order valence-electron chi connectivity index (χ1n) is 6.08. The van der Waals surface area contributed by atoms with E-state index in [0.717, 1.165) is 16.6 Å². The molecular formula is C15H11ClN2O2. The van der Waals surface area contributed by atoms with E-state index in [2.05, 4.69) is 9.97 Å². The highest BCUT2D eigenvalue weighted by Crippen LogP contribution is 2.27. The molecule has 0 fully saturated rings. The Balaban J connectivity index is 2.12. The van der Waals surface area contributed by atoms with Crippen LogP contribution in [0.4, 0.5) is 0 Å². The van der Waals surface area contributed by atoms with E-state index in [0.29, 0.717) is 16.4 Å². The lowest BCUT2D eigenvalue weighted by molar-refractivity contribution is 0.0904. The van der Waals surface area contributed by atoms with Crippen molar-refractivity contribution in [3.05, 3.63) is 53.1 Å². The number of benzene rings is 2. The average Bonchev–Trinajstić information content (AvgIpc) is 2.89. The van der Waals surface area contributed by atoms with Crippen molar-refractivity contribution in [2.45, 2.75) is 0 Å². The molecule has 0 atom stereocenters. The second-order valence-electron chi connectivity index (χ2n) is 4.38. The van der Waals surface area contributed by atoms with Crippen LogP contribution in [-0.4, -0.2) is 27.5 Å². The van der Waals surface area contributed by atoms with Crippen molar-refractivity contribution in [2.24, 2.45) is 0 Å². The minimum atomic E-state index is -0.503. The summed E-state index contributed by atoms with van der Waals surface area (Å²) < 4.78 is 0. The molecule has 4 nitrogen and oxygen atoms in total. The van der Waals surface area contributed by atoms with Crippen molar-refractivity contribution >= 4 is 28.4 Å². The minimum Gasteiger partial charge on any atom is -0.388 e. The second-order valence-corrected chi connectivity index (χ2v) is 4.79. The highest BCUT2D eigenvalue weighted by molar-refractivity contribution is 6.33. The van der Waals surface area contributed by atoms with Crippen molar-refractivity contribution in [1.29, 1.82) is 0 Å². The molecule has 0 saturated heterocycles. The number of carbonyl (C=O) groups is 1. The zero-order valence-electron chi connectivity index (χ0n) is 10.4. The average molecular weight is 287 g/mol. The van der Waals surface area contributed by atoms with Gasteiger partial charge in [-0.15, -0.1) is 0 Å². The maximum Gasteiger partial charge on any atom is 0.188 e. The lowest BCUT2D eigenvalue weighted by Crippen LogP contribution is -2.03. The predicted octanol–water partition coefficient (Wildman–Crippen LogP) is 3.06. The number of nitrogens with one attached hydrogen (secondary N) is 1. The molecule has 100 valence electrons. The van der Waals surface area contributed by atoms with Gasteiger partial charge in [0.1, 0.15) is 12.4 Å². The third-order valence-corrected chi connectivity index (χ3v) is 3.41. The van der Waals surface area contributed by atoms with Crippen molar-refractivity contribution in [3.8, 4) is 11.4 Å². The summed E-state index contributed by atoms with van der Waals surface area (Å²) in [5.41, 5.74) is 2.74. The van der Waals surface area contributed by atoms with Crippen molar-refractivity contribution in [1.82, 2.24) is 9.97 Å². The van der Waals surface area contributed by atoms with E-state index < -0.39 is 6.61 Å². The van der Waals surface area contributed by atoms with Crippen molar-refractivity contribution in [2.75, 3.05) is 6.61 Å². The van der Waals surface area contributed by atoms with E-state index in [1.807, 2.05) is 18.2 Å². The van der Waals surface area contributed by atoms with Crippen LogP contribution in [-0.2, 0) is 0 Å². The molecule has 0 aliphatic heterocycles. The molecule has 3 rings (SSSR count). The zero-order chi connectivity index (χ0) is 14.1. The van der Waals surface area contributed by atoms with Crippen LogP contribution in [0, 0.1) is 0 Å². The Morgan fingerprint density at radius 1 is 1.25 bits per heavy atom. The summed E-state index contributed by atoms with van der Waals surface area (Å²) in [6.07, 6.45) is 0. The summed E-state index contributed by atoms with van der Waals surface area (Å²) in [4.78, 5) is 19.1. The van der Waals surface area contributed by atoms with Crippen LogP contribution < -0.4 is 0 Å². The van der Waals surface area contributed by atoms with Gasteiger partial charge in [0.2, 0.25) is 0 Å². The SMILES string of the molecule is O=C(CO)c1ccc2nc(-c3ccccc3Cl)[nH]c2c1. The van der Waals surface area contributed by atoms with Crippen molar-refractivity contribution in [3.63, 3.8) is 0 Å². The van der Waals surface area contributed by atoms with Gasteiger partial charge in [-0.3, -0.25) is 4.79 Å². The van der Waals surface area contributed by atoms with Gasteiger partial charge in [-0.25, -0.2) is 4.98 Å². The largest absolute Gasteiger partial charge is 0.388 e. The van der Waals surface area contributed by atoms with E-state index in [9.17, 15) is 4.79 Å². The van der Waals surface area contributed by atoms with Crippen molar-refractivity contribution < 1.29 is 9.90 Å². The number of Topliss-reactive ketones (excluding diaryl/α,β-unsaturated/α-hetero) is 1. The van der Waals surface area contributed by atoms with Crippen LogP contribution in [0.25, 0.3) is 22.4 Å².